The Balaban J connectivity index is 2.64. The molecular weight excluding hydrogens is 387 g/mol. The zero-order valence-corrected chi connectivity index (χ0v) is 15.2. The first-order valence-electron chi connectivity index (χ1n) is 6.47. The molecule has 2 rings (SSSR count). The highest BCUT2D eigenvalue weighted by Crippen LogP contribution is 2.31. The molecule has 20 heavy (non-hydrogen) atoms. The highest BCUT2D eigenvalue weighted by atomic mass is 127. The van der Waals surface area contributed by atoms with E-state index in [9.17, 15) is 0 Å². The summed E-state index contributed by atoms with van der Waals surface area (Å²) in [7, 11) is 0. The van der Waals surface area contributed by atoms with Crippen molar-refractivity contribution in [2.24, 2.45) is 0 Å². The van der Waals surface area contributed by atoms with E-state index in [1.165, 1.54) is 0 Å². The summed E-state index contributed by atoms with van der Waals surface area (Å²) in [6.07, 6.45) is 3.58. The normalized spacial score (nSPS) is 12.2. The van der Waals surface area contributed by atoms with Gasteiger partial charge in [0.15, 0.2) is 5.82 Å². The maximum absolute atomic E-state index is 6.29. The van der Waals surface area contributed by atoms with Gasteiger partial charge in [-0.3, -0.25) is 0 Å². The minimum Gasteiger partial charge on any atom is -0.325 e. The highest BCUT2D eigenvalue weighted by Gasteiger charge is 2.24. The summed E-state index contributed by atoms with van der Waals surface area (Å²) >= 11 is 8.49. The van der Waals surface area contributed by atoms with Crippen molar-refractivity contribution >= 4 is 34.2 Å². The van der Waals surface area contributed by atoms with Gasteiger partial charge in [-0.1, -0.05) is 32.4 Å². The fraction of sp³-hybridized carbons (Fsp3) is 0.500. The van der Waals surface area contributed by atoms with Gasteiger partial charge >= 0.3 is 0 Å². The van der Waals surface area contributed by atoms with E-state index in [0.29, 0.717) is 17.0 Å². The molecule has 0 aromatic carbocycles. The Kier molecular flexibility index (Phi) is 4.39. The monoisotopic (exact) mass is 404 g/mol. The molecule has 4 nitrogen and oxygen atoms in total. The molecule has 0 bridgehead atoms. The molecule has 0 unspecified atom stereocenters. The summed E-state index contributed by atoms with van der Waals surface area (Å²) in [5, 5.41) is 0.497. The Bertz CT molecular complexity index is 629. The van der Waals surface area contributed by atoms with Crippen LogP contribution in [0.2, 0.25) is 5.15 Å². The third kappa shape index (κ3) is 2.98. The Hall–Kier alpha value is -0.690. The number of imidazole rings is 1. The molecule has 0 fully saturated rings. The molecule has 0 radical (unpaired) electrons. The number of rotatable bonds is 2. The number of hydrogen-bond acceptors (Lipinski definition) is 3. The maximum atomic E-state index is 6.29. The Labute approximate surface area is 138 Å². The lowest BCUT2D eigenvalue weighted by molar-refractivity contribution is 0.561. The number of halogens is 2. The van der Waals surface area contributed by atoms with Crippen LogP contribution in [0.3, 0.4) is 0 Å². The second kappa shape index (κ2) is 5.60. The van der Waals surface area contributed by atoms with Gasteiger partial charge in [0.2, 0.25) is 0 Å². The molecule has 0 saturated heterocycles. The van der Waals surface area contributed by atoms with Crippen LogP contribution < -0.4 is 0 Å². The van der Waals surface area contributed by atoms with Crippen molar-refractivity contribution in [3.8, 4) is 11.5 Å². The predicted octanol–water partition coefficient (Wildman–Crippen LogP) is 4.48. The van der Waals surface area contributed by atoms with Crippen LogP contribution in [0, 0.1) is 3.57 Å². The van der Waals surface area contributed by atoms with Crippen LogP contribution in [-0.4, -0.2) is 19.5 Å². The van der Waals surface area contributed by atoms with E-state index >= 15 is 0 Å². The molecule has 0 aliphatic carbocycles. The molecule has 108 valence electrons. The number of aromatic nitrogens is 4. The Morgan fingerprint density at radius 3 is 2.45 bits per heavy atom. The standard InChI is InChI=1S/C14H18ClIN4/c1-8(2)20-7-17-6-9(20)13-18-11(14(3,4)5)10(16)12(15)19-13/h6-8H,1-5H3. The largest absolute Gasteiger partial charge is 0.325 e. The van der Waals surface area contributed by atoms with Gasteiger partial charge in [0, 0.05) is 11.5 Å². The zero-order chi connectivity index (χ0) is 15.1. The zero-order valence-electron chi connectivity index (χ0n) is 12.3. The van der Waals surface area contributed by atoms with E-state index in [0.717, 1.165) is 15.0 Å². The molecule has 2 heterocycles. The fourth-order valence-corrected chi connectivity index (χ4v) is 3.14. The predicted molar refractivity (Wildman–Crippen MR) is 90.1 cm³/mol. The topological polar surface area (TPSA) is 43.6 Å². The van der Waals surface area contributed by atoms with Crippen molar-refractivity contribution in [1.82, 2.24) is 19.5 Å². The summed E-state index contributed by atoms with van der Waals surface area (Å²) in [6.45, 7) is 10.6. The summed E-state index contributed by atoms with van der Waals surface area (Å²) in [5.74, 6) is 0.631. The molecule has 0 spiro atoms. The van der Waals surface area contributed by atoms with Crippen molar-refractivity contribution in [3.05, 3.63) is 26.9 Å². The first-order valence-corrected chi connectivity index (χ1v) is 7.93. The lowest BCUT2D eigenvalue weighted by Gasteiger charge is -2.21. The molecule has 0 aliphatic heterocycles. The molecule has 2 aromatic heterocycles. The quantitative estimate of drug-likeness (QED) is 0.548. The first kappa shape index (κ1) is 15.7. The van der Waals surface area contributed by atoms with Crippen LogP contribution in [0.5, 0.6) is 0 Å². The Morgan fingerprint density at radius 1 is 1.25 bits per heavy atom. The second-order valence-electron chi connectivity index (χ2n) is 6.03. The summed E-state index contributed by atoms with van der Waals surface area (Å²) in [6, 6.07) is 0.298. The van der Waals surface area contributed by atoms with E-state index in [1.807, 2.05) is 4.57 Å². The number of hydrogen-bond donors (Lipinski definition) is 0. The summed E-state index contributed by atoms with van der Waals surface area (Å²) in [5.41, 5.74) is 1.77. The number of nitrogens with zero attached hydrogens (tertiary/aromatic N) is 4. The van der Waals surface area contributed by atoms with E-state index in [4.69, 9.17) is 16.6 Å². The second-order valence-corrected chi connectivity index (χ2v) is 7.47. The first-order chi connectivity index (χ1) is 9.21. The summed E-state index contributed by atoms with van der Waals surface area (Å²) in [4.78, 5) is 13.3. The lowest BCUT2D eigenvalue weighted by Crippen LogP contribution is -2.18. The average Bonchev–Trinajstić information content (AvgIpc) is 2.80. The van der Waals surface area contributed by atoms with Crippen LogP contribution in [-0.2, 0) is 5.41 Å². The van der Waals surface area contributed by atoms with Crippen molar-refractivity contribution in [1.29, 1.82) is 0 Å². The summed E-state index contributed by atoms with van der Waals surface area (Å²) < 4.78 is 2.96. The van der Waals surface area contributed by atoms with E-state index < -0.39 is 0 Å². The Morgan fingerprint density at radius 2 is 1.90 bits per heavy atom. The average molecular weight is 405 g/mol. The minimum atomic E-state index is -0.0828. The molecule has 0 atom stereocenters. The van der Waals surface area contributed by atoms with E-state index in [-0.39, 0.29) is 5.41 Å². The van der Waals surface area contributed by atoms with Gasteiger partial charge in [0.1, 0.15) is 10.8 Å². The van der Waals surface area contributed by atoms with Gasteiger partial charge in [-0.05, 0) is 36.4 Å². The highest BCUT2D eigenvalue weighted by molar-refractivity contribution is 14.1. The van der Waals surface area contributed by atoms with Gasteiger partial charge in [0.05, 0.1) is 21.8 Å². The van der Waals surface area contributed by atoms with Gasteiger partial charge in [0.25, 0.3) is 0 Å². The van der Waals surface area contributed by atoms with Crippen LogP contribution in [0.25, 0.3) is 11.5 Å². The maximum Gasteiger partial charge on any atom is 0.179 e. The SMILES string of the molecule is CC(C)n1cncc1-c1nc(Cl)c(I)c(C(C)(C)C)n1. The van der Waals surface area contributed by atoms with Crippen molar-refractivity contribution in [2.45, 2.75) is 46.1 Å². The minimum absolute atomic E-state index is 0.0828. The molecule has 0 amide bonds. The van der Waals surface area contributed by atoms with Crippen LogP contribution in [0.1, 0.15) is 46.4 Å². The third-order valence-corrected chi connectivity index (χ3v) is 4.59. The van der Waals surface area contributed by atoms with Gasteiger partial charge in [-0.25, -0.2) is 15.0 Å². The molecule has 0 N–H and O–H groups in total. The molecule has 0 aliphatic rings. The van der Waals surface area contributed by atoms with E-state index in [1.54, 1.807) is 12.5 Å². The third-order valence-electron chi connectivity index (χ3n) is 2.97. The van der Waals surface area contributed by atoms with Gasteiger partial charge in [-0.15, -0.1) is 0 Å². The lowest BCUT2D eigenvalue weighted by atomic mass is 9.92. The van der Waals surface area contributed by atoms with Gasteiger partial charge < -0.3 is 4.57 Å². The molecule has 2 aromatic rings. The van der Waals surface area contributed by atoms with Crippen LogP contribution in [0.15, 0.2) is 12.5 Å². The molecule has 0 saturated carbocycles. The fourth-order valence-electron chi connectivity index (χ4n) is 1.92. The van der Waals surface area contributed by atoms with Crippen molar-refractivity contribution in [3.63, 3.8) is 0 Å². The van der Waals surface area contributed by atoms with E-state index in [2.05, 4.69) is 67.2 Å². The smallest absolute Gasteiger partial charge is 0.179 e. The van der Waals surface area contributed by atoms with Crippen molar-refractivity contribution < 1.29 is 0 Å². The van der Waals surface area contributed by atoms with Crippen LogP contribution >= 0.6 is 34.2 Å². The molecular formula is C14H18ClIN4. The van der Waals surface area contributed by atoms with Gasteiger partial charge in [-0.2, -0.15) is 0 Å². The molecule has 6 heteroatoms. The van der Waals surface area contributed by atoms with Crippen LogP contribution in [0.4, 0.5) is 0 Å². The van der Waals surface area contributed by atoms with Crippen molar-refractivity contribution in [2.75, 3.05) is 0 Å².